The Hall–Kier alpha value is -9.94. The number of nitrogen functional groups attached to an aromatic ring is 1. The number of aliphatic hydroxyl groups excluding tert-OH is 1. The van der Waals surface area contributed by atoms with Crippen LogP contribution < -0.4 is 35.6 Å². The van der Waals surface area contributed by atoms with Crippen LogP contribution in [0.1, 0.15) is 298 Å². The lowest BCUT2D eigenvalue weighted by atomic mass is 9.74. The molecule has 0 bridgehead atoms. The van der Waals surface area contributed by atoms with Crippen molar-refractivity contribution in [2.24, 2.45) is 0 Å². The van der Waals surface area contributed by atoms with Gasteiger partial charge in [0.15, 0.2) is 5.78 Å². The van der Waals surface area contributed by atoms with Crippen molar-refractivity contribution >= 4 is 137 Å². The van der Waals surface area contributed by atoms with Crippen molar-refractivity contribution in [1.29, 1.82) is 0 Å². The number of alkyl halides is 2. The molecule has 0 spiro atoms. The van der Waals surface area contributed by atoms with Gasteiger partial charge in [-0.2, -0.15) is 0 Å². The SMILES string of the molecule is C.C=CCBr.C=CCN1C(=O)C(CCC)(CCC)c2cc(N)ccc21.C=CCN1C(=O)C(CCC)(CCC)c2cc([N+](=O)[O-])ccc21.C=CCN1C(=O)C(CCC)(CCC)c2ccccc21.CC(=O)N1C(=O)Cc2ccccc21.CCCC1(CCC)C(=O)N(C(C)=O)c2ccccc21.CCCC1(CCC)C(=O)Nc2ccccc21.CCCI.O=C1CCCCC/C1=C\O. The molecule has 0 unspecified atom stereocenters. The predicted molar refractivity (Wildman–Crippen MR) is 542 cm³/mol. The van der Waals surface area contributed by atoms with Crippen molar-refractivity contribution in [3.8, 4) is 0 Å². The number of fused-ring (bicyclic) bond motifs is 6. The van der Waals surface area contributed by atoms with E-state index >= 15 is 0 Å². The van der Waals surface area contributed by atoms with E-state index in [1.54, 1.807) is 41.3 Å². The summed E-state index contributed by atoms with van der Waals surface area (Å²) in [5.41, 5.74) is 16.9. The number of carbonyl (C=O) groups is 9. The van der Waals surface area contributed by atoms with Crippen molar-refractivity contribution in [3.63, 3.8) is 0 Å². The van der Waals surface area contributed by atoms with Gasteiger partial charge in [0.05, 0.1) is 56.1 Å². The van der Waals surface area contributed by atoms with E-state index in [4.69, 9.17) is 10.8 Å². The quantitative estimate of drug-likeness (QED) is 0.00454. The van der Waals surface area contributed by atoms with Gasteiger partial charge in [-0.25, -0.2) is 4.90 Å². The Morgan fingerprint density at radius 1 is 0.469 bits per heavy atom. The lowest BCUT2D eigenvalue weighted by molar-refractivity contribution is -0.384. The van der Waals surface area contributed by atoms with Crippen molar-refractivity contribution < 1.29 is 53.2 Å². The topological polar surface area (TPSA) is 271 Å². The first-order chi connectivity index (χ1) is 61.0. The molecular weight excluding hydrogens is 1780 g/mol. The molecule has 1 saturated carbocycles. The number of aliphatic hydroxyl groups is 1. The highest BCUT2D eigenvalue weighted by molar-refractivity contribution is 14.1. The second-order valence-electron chi connectivity index (χ2n) is 33.3. The number of halogens is 2. The number of nitrogens with two attached hydrogens (primary N) is 1. The van der Waals surface area contributed by atoms with Crippen LogP contribution in [0, 0.1) is 10.1 Å². The molecule has 1 aliphatic carbocycles. The molecule has 696 valence electrons. The van der Waals surface area contributed by atoms with Gasteiger partial charge in [-0.05, 0) is 176 Å². The molecule has 22 heteroatoms. The largest absolute Gasteiger partial charge is 0.515 e. The van der Waals surface area contributed by atoms with Gasteiger partial charge in [-0.3, -0.25) is 58.2 Å². The zero-order chi connectivity index (χ0) is 94.2. The Morgan fingerprint density at radius 2 is 0.828 bits per heavy atom. The van der Waals surface area contributed by atoms with Crippen LogP contribution in [0.15, 0.2) is 196 Å². The minimum Gasteiger partial charge on any atom is -0.515 e. The fraction of sp³-hybridized carbons (Fsp3) is 0.481. The van der Waals surface area contributed by atoms with Gasteiger partial charge < -0.3 is 30.9 Å². The average molecular weight is 1930 g/mol. The number of allylic oxidation sites excluding steroid dienone is 2. The Kier molecular flexibility index (Phi) is 47.0. The number of Topliss-reactive ketones (excluding diaryl/α,β-unsaturated/α-hetero) is 1. The van der Waals surface area contributed by atoms with E-state index in [0.717, 1.165) is 215 Å². The highest BCUT2D eigenvalue weighted by Crippen LogP contribution is 2.53. The molecule has 1 fully saturated rings. The number of imide groups is 2. The van der Waals surface area contributed by atoms with Crippen molar-refractivity contribution in [3.05, 3.63) is 239 Å². The number of carbonyl (C=O) groups excluding carboxylic acids is 9. The van der Waals surface area contributed by atoms with Gasteiger partial charge >= 0.3 is 0 Å². The number of nitrogens with one attached hydrogen (secondary N) is 1. The molecule has 6 aliphatic heterocycles. The fourth-order valence-corrected chi connectivity index (χ4v) is 19.3. The summed E-state index contributed by atoms with van der Waals surface area (Å²) in [6.45, 7) is 42.4. The van der Waals surface area contributed by atoms with E-state index < -0.39 is 21.2 Å². The summed E-state index contributed by atoms with van der Waals surface area (Å²) in [5, 5.41) is 23.6. The Labute approximate surface area is 787 Å². The summed E-state index contributed by atoms with van der Waals surface area (Å²) in [4.78, 5) is 128. The standard InChI is InChI=1S/C17H22N2O3.C17H24N2O.C17H23NO.C16H21NO2.C14H19NO.C10H9NO2.C8H12O2.C3H5Br.C3H7I.CH4/c1-4-9-17(10-5-2)14-12-13(19(21)22)7-8-15(14)18(11-6-3)16(17)20;1-4-9-17(10-5-2)14-12-13(18)7-8-15(14)19(11-6-3)16(17)20;1-4-11-17(12-5-2)14-9-7-8-10-15(14)18(13-6-3)16(17)19;1-4-10-16(11-5-2)13-8-6-7-9-14(13)17(12(3)18)15(16)19;1-3-9-14(10-4-2)11-7-5-6-8-12(11)15-13(14)16;1-7(12)11-9-5-3-2-4-8(9)6-10(11)13;9-6-7-4-2-1-3-5-8(7)10;2*1-2-3-4;/h6-8,12H,3-5,9-11H2,1-2H3;6-8,12H,3-5,9-11,18H2,1-2H3;6-10H,3-5,11-13H2,1-2H3;6-9H,4-5,10-11H2,1-3H3;5-8H,3-4,9-10H2,1-2H3,(H,15,16);2-5H,6H2,1H3;6,9H,1-5H2;2H,1,3H2;2-3H2,1H3;1H4/b;;;;;;7-6+;;;. The van der Waals surface area contributed by atoms with E-state index in [-0.39, 0.29) is 77.0 Å². The maximum atomic E-state index is 13.0. The number of hydrogen-bond acceptors (Lipinski definition) is 13. The van der Waals surface area contributed by atoms with Gasteiger partial charge in [-0.1, -0.05) is 290 Å². The molecule has 6 aromatic carbocycles. The van der Waals surface area contributed by atoms with Gasteiger partial charge in [0.25, 0.3) is 5.69 Å². The molecule has 20 nitrogen and oxygen atoms in total. The van der Waals surface area contributed by atoms with E-state index in [9.17, 15) is 53.3 Å². The number of rotatable bonds is 29. The number of nitrogens with zero attached hydrogens (tertiary/aromatic N) is 6. The minimum atomic E-state index is -0.631. The second kappa shape index (κ2) is 54.5. The van der Waals surface area contributed by atoms with Crippen LogP contribution in [-0.4, -0.2) is 92.5 Å². The molecule has 4 N–H and O–H groups in total. The van der Waals surface area contributed by atoms with Crippen molar-refractivity contribution in [2.75, 3.05) is 64.9 Å². The maximum Gasteiger partial charge on any atom is 0.269 e. The summed E-state index contributed by atoms with van der Waals surface area (Å²) in [5.74, 6) is 0.267. The zero-order valence-electron chi connectivity index (χ0n) is 78.0. The zero-order valence-corrected chi connectivity index (χ0v) is 81.7. The normalized spacial score (nSPS) is 16.1. The first kappa shape index (κ1) is 110. The molecule has 13 rings (SSSR count). The smallest absolute Gasteiger partial charge is 0.269 e. The first-order valence-corrected chi connectivity index (χ1v) is 48.6. The van der Waals surface area contributed by atoms with Gasteiger partial charge in [0, 0.05) is 91.4 Å². The van der Waals surface area contributed by atoms with Gasteiger partial charge in [-0.15, -0.1) is 26.3 Å². The van der Waals surface area contributed by atoms with Crippen LogP contribution in [0.4, 0.5) is 45.5 Å². The highest BCUT2D eigenvalue weighted by Gasteiger charge is 2.54. The lowest BCUT2D eigenvalue weighted by Crippen LogP contribution is -2.42. The van der Waals surface area contributed by atoms with Crippen molar-refractivity contribution in [2.45, 2.75) is 298 Å². The molecule has 0 aromatic heterocycles. The molecule has 128 heavy (non-hydrogen) atoms. The van der Waals surface area contributed by atoms with E-state index in [1.807, 2.05) is 121 Å². The molecule has 0 saturated heterocycles. The molecule has 7 aliphatic rings. The number of anilines is 7. The van der Waals surface area contributed by atoms with Gasteiger partial charge in [0.1, 0.15) is 0 Å². The third-order valence-corrected chi connectivity index (χ3v) is 25.8. The van der Waals surface area contributed by atoms with Crippen molar-refractivity contribution in [1.82, 2.24) is 0 Å². The third kappa shape index (κ3) is 25.6. The maximum absolute atomic E-state index is 13.0. The fourth-order valence-electron chi connectivity index (χ4n) is 19.3. The summed E-state index contributed by atoms with van der Waals surface area (Å²) in [6.07, 6.45) is 32.5. The summed E-state index contributed by atoms with van der Waals surface area (Å²) in [6, 6.07) is 42.0. The molecule has 0 atom stereocenters. The number of nitro groups is 1. The average Bonchev–Trinajstić information content (AvgIpc) is 1.58. The van der Waals surface area contributed by atoms with E-state index in [1.165, 1.54) is 51.7 Å². The van der Waals surface area contributed by atoms with Crippen LogP contribution in [0.3, 0.4) is 0 Å². The van der Waals surface area contributed by atoms with Gasteiger partial charge in [0.2, 0.25) is 47.3 Å². The minimum absolute atomic E-state index is 0. The van der Waals surface area contributed by atoms with Crippen LogP contribution in [0.2, 0.25) is 0 Å². The second-order valence-corrected chi connectivity index (χ2v) is 35.0. The Bertz CT molecular complexity index is 4750. The Morgan fingerprint density at radius 3 is 1.24 bits per heavy atom. The molecule has 8 amide bonds. The molecular formula is C106H146BrIN8O12. The van der Waals surface area contributed by atoms with Crippen LogP contribution >= 0.6 is 38.5 Å². The van der Waals surface area contributed by atoms with E-state index in [0.29, 0.717) is 50.9 Å². The number of amides is 8. The molecule has 6 aromatic rings. The summed E-state index contributed by atoms with van der Waals surface area (Å²) in [7, 11) is 0. The van der Waals surface area contributed by atoms with Crippen LogP contribution in [0.5, 0.6) is 0 Å². The number of nitro benzene ring substituents is 1. The van der Waals surface area contributed by atoms with E-state index in [2.05, 4.69) is 151 Å². The first-order valence-electron chi connectivity index (χ1n) is 46.0. The Balaban J connectivity index is 0.000000310. The summed E-state index contributed by atoms with van der Waals surface area (Å²) >= 11 is 5.48. The number of benzene rings is 6. The number of ketones is 1. The number of para-hydroxylation sites is 4. The number of hydrogen-bond donors (Lipinski definition) is 3. The predicted octanol–water partition coefficient (Wildman–Crippen LogP) is 25.7. The molecule has 6 heterocycles. The monoisotopic (exact) mass is 1930 g/mol. The van der Waals surface area contributed by atoms with Crippen LogP contribution in [0.25, 0.3) is 0 Å². The third-order valence-electron chi connectivity index (χ3n) is 24.2. The lowest BCUT2D eigenvalue weighted by Gasteiger charge is -2.28. The number of non-ortho nitro benzene ring substituents is 1. The summed E-state index contributed by atoms with van der Waals surface area (Å²) < 4.78 is 1.29. The molecule has 0 radical (unpaired) electrons. The highest BCUT2D eigenvalue weighted by atomic mass is 127. The van der Waals surface area contributed by atoms with Crippen LogP contribution in [-0.2, 0) is 76.6 Å².